The lowest BCUT2D eigenvalue weighted by atomic mass is 9.81. The molecule has 1 aliphatic heterocycles. The molecule has 1 saturated carbocycles. The first-order valence-electron chi connectivity index (χ1n) is 11.6. The van der Waals surface area contributed by atoms with E-state index in [4.69, 9.17) is 5.73 Å². The second-order valence-corrected chi connectivity index (χ2v) is 11.0. The molecule has 12 heteroatoms. The standard InChI is InChI=1S/C23H30F3N5O3S/c1-35(34)12-20(32)14-2-5-16(6-3-14)30-9-17(10-30)31(11-21(27)33)22-18-8-15(23(24,25)26)4-7-19(18)28-13-29-22/h4,7-8,13-14,16-17,20,32H,2-3,5-6,9-12H2,1H3,(H2,27,33). The third kappa shape index (κ3) is 5.92. The maximum Gasteiger partial charge on any atom is 0.416 e. The molecule has 0 bridgehead atoms. The summed E-state index contributed by atoms with van der Waals surface area (Å²) in [4.78, 5) is 24.2. The van der Waals surface area contributed by atoms with E-state index in [9.17, 15) is 27.3 Å². The number of anilines is 1. The van der Waals surface area contributed by atoms with E-state index in [1.807, 2.05) is 0 Å². The number of carbonyl (C=O) groups excluding carboxylic acids is 1. The molecule has 2 unspecified atom stereocenters. The number of benzene rings is 1. The van der Waals surface area contributed by atoms with Gasteiger partial charge in [-0.15, -0.1) is 0 Å². The molecule has 1 amide bonds. The van der Waals surface area contributed by atoms with Gasteiger partial charge in [-0.3, -0.25) is 13.9 Å². The Hall–Kier alpha value is -2.31. The minimum atomic E-state index is -4.51. The molecule has 1 aromatic heterocycles. The molecule has 1 aromatic carbocycles. The summed E-state index contributed by atoms with van der Waals surface area (Å²) in [6.45, 7) is 1.11. The number of hydrogen-bond acceptors (Lipinski definition) is 7. The molecule has 2 atom stereocenters. The summed E-state index contributed by atoms with van der Waals surface area (Å²) in [5, 5.41) is 10.5. The van der Waals surface area contributed by atoms with Gasteiger partial charge in [0.15, 0.2) is 0 Å². The van der Waals surface area contributed by atoms with Crippen LogP contribution in [0.4, 0.5) is 19.0 Å². The SMILES string of the molecule is CS(=O)CC(O)C1CCC(N2CC(N(CC(N)=O)c3ncnc4ccc(C(F)(F)F)cc34)C2)CC1. The van der Waals surface area contributed by atoms with Gasteiger partial charge in [0.25, 0.3) is 0 Å². The van der Waals surface area contributed by atoms with Gasteiger partial charge in [0.1, 0.15) is 12.1 Å². The van der Waals surface area contributed by atoms with Crippen LogP contribution in [-0.4, -0.2) is 79.9 Å². The highest BCUT2D eigenvalue weighted by Gasteiger charge is 2.40. The molecule has 35 heavy (non-hydrogen) atoms. The lowest BCUT2D eigenvalue weighted by Gasteiger charge is -2.50. The normalized spacial score (nSPS) is 23.6. The van der Waals surface area contributed by atoms with Crippen molar-refractivity contribution in [3.63, 3.8) is 0 Å². The minimum Gasteiger partial charge on any atom is -0.392 e. The van der Waals surface area contributed by atoms with E-state index >= 15 is 0 Å². The monoisotopic (exact) mass is 513 g/mol. The Bertz CT molecular complexity index is 1090. The second-order valence-electron chi connectivity index (χ2n) is 9.50. The van der Waals surface area contributed by atoms with Gasteiger partial charge in [-0.25, -0.2) is 9.97 Å². The molecule has 0 radical (unpaired) electrons. The highest BCUT2D eigenvalue weighted by molar-refractivity contribution is 7.84. The Balaban J connectivity index is 1.47. The van der Waals surface area contributed by atoms with E-state index in [0.29, 0.717) is 30.4 Å². The fraction of sp³-hybridized carbons (Fsp3) is 0.609. The van der Waals surface area contributed by atoms with Crippen LogP contribution < -0.4 is 10.6 Å². The van der Waals surface area contributed by atoms with Crippen molar-refractivity contribution in [3.8, 4) is 0 Å². The second kappa shape index (κ2) is 10.4. The number of aliphatic hydroxyl groups is 1. The Labute approximate surface area is 204 Å². The van der Waals surface area contributed by atoms with Crippen molar-refractivity contribution in [2.24, 2.45) is 11.7 Å². The molecule has 2 aromatic rings. The van der Waals surface area contributed by atoms with Gasteiger partial charge in [-0.2, -0.15) is 13.2 Å². The minimum absolute atomic E-state index is 0.124. The first-order chi connectivity index (χ1) is 16.5. The van der Waals surface area contributed by atoms with E-state index in [1.165, 1.54) is 12.4 Å². The molecule has 1 saturated heterocycles. The molecule has 3 N–H and O–H groups in total. The summed E-state index contributed by atoms with van der Waals surface area (Å²) in [6, 6.07) is 3.51. The highest BCUT2D eigenvalue weighted by atomic mass is 32.2. The molecular weight excluding hydrogens is 483 g/mol. The molecule has 1 aliphatic carbocycles. The molecule has 192 valence electrons. The molecule has 2 aliphatic rings. The van der Waals surface area contributed by atoms with Gasteiger partial charge in [-0.1, -0.05) is 0 Å². The van der Waals surface area contributed by atoms with Crippen molar-refractivity contribution < 1.29 is 27.3 Å². The smallest absolute Gasteiger partial charge is 0.392 e. The van der Waals surface area contributed by atoms with Crippen LogP contribution in [0.3, 0.4) is 0 Å². The van der Waals surface area contributed by atoms with Crippen LogP contribution in [-0.2, 0) is 21.8 Å². The average molecular weight is 514 g/mol. The van der Waals surface area contributed by atoms with Gasteiger partial charge in [0, 0.05) is 47.3 Å². The van der Waals surface area contributed by atoms with Crippen molar-refractivity contribution in [2.45, 2.75) is 50.0 Å². The predicted octanol–water partition coefficient (Wildman–Crippen LogP) is 1.92. The fourth-order valence-electron chi connectivity index (χ4n) is 5.20. The summed E-state index contributed by atoms with van der Waals surface area (Å²) in [7, 11) is -1.03. The van der Waals surface area contributed by atoms with Crippen molar-refractivity contribution in [1.82, 2.24) is 14.9 Å². The zero-order chi connectivity index (χ0) is 25.3. The lowest BCUT2D eigenvalue weighted by molar-refractivity contribution is -0.137. The fourth-order valence-corrected chi connectivity index (χ4v) is 5.96. The number of alkyl halides is 3. The number of fused-ring (bicyclic) bond motifs is 1. The number of nitrogens with zero attached hydrogens (tertiary/aromatic N) is 4. The number of hydrogen-bond donors (Lipinski definition) is 2. The first-order valence-corrected chi connectivity index (χ1v) is 13.3. The van der Waals surface area contributed by atoms with Crippen LogP contribution in [0.5, 0.6) is 0 Å². The summed E-state index contributed by atoms with van der Waals surface area (Å²) < 4.78 is 51.4. The number of nitrogens with two attached hydrogens (primary N) is 1. The number of amides is 1. The maximum atomic E-state index is 13.3. The first kappa shape index (κ1) is 25.8. The van der Waals surface area contributed by atoms with Gasteiger partial charge < -0.3 is 15.7 Å². The van der Waals surface area contributed by atoms with Crippen LogP contribution in [0.1, 0.15) is 31.2 Å². The predicted molar refractivity (Wildman–Crippen MR) is 127 cm³/mol. The molecular formula is C23H30F3N5O3S. The van der Waals surface area contributed by atoms with Crippen molar-refractivity contribution in [2.75, 3.05) is 36.5 Å². The molecule has 2 heterocycles. The molecule has 2 fully saturated rings. The van der Waals surface area contributed by atoms with Crippen molar-refractivity contribution >= 4 is 33.4 Å². The van der Waals surface area contributed by atoms with E-state index in [2.05, 4.69) is 14.9 Å². The number of aromatic nitrogens is 2. The van der Waals surface area contributed by atoms with Crippen molar-refractivity contribution in [1.29, 1.82) is 0 Å². The molecule has 8 nitrogen and oxygen atoms in total. The number of carbonyl (C=O) groups is 1. The van der Waals surface area contributed by atoms with Gasteiger partial charge in [-0.05, 0) is 49.8 Å². The zero-order valence-corrected chi connectivity index (χ0v) is 20.3. The van der Waals surface area contributed by atoms with Crippen LogP contribution >= 0.6 is 0 Å². The quantitative estimate of drug-likeness (QED) is 0.555. The van der Waals surface area contributed by atoms with E-state index in [0.717, 1.165) is 37.8 Å². The number of primary amides is 1. The third-order valence-corrected chi connectivity index (χ3v) is 7.89. The summed E-state index contributed by atoms with van der Waals surface area (Å²) in [5.41, 5.74) is 5.04. The average Bonchev–Trinajstić information content (AvgIpc) is 2.75. The Kier molecular flexibility index (Phi) is 7.62. The number of halogens is 3. The molecule has 0 spiro atoms. The van der Waals surface area contributed by atoms with Crippen molar-refractivity contribution in [3.05, 3.63) is 30.1 Å². The summed E-state index contributed by atoms with van der Waals surface area (Å²) >= 11 is 0. The number of aliphatic hydroxyl groups excluding tert-OH is 1. The number of likely N-dealkylation sites (tertiary alicyclic amines) is 1. The summed E-state index contributed by atoms with van der Waals surface area (Å²) in [5.74, 6) is 0.120. The van der Waals surface area contributed by atoms with Crippen LogP contribution in [0.25, 0.3) is 10.9 Å². The van der Waals surface area contributed by atoms with E-state index in [-0.39, 0.29) is 29.7 Å². The van der Waals surface area contributed by atoms with E-state index < -0.39 is 34.6 Å². The lowest BCUT2D eigenvalue weighted by Crippen LogP contribution is -2.64. The Morgan fingerprint density at radius 3 is 2.54 bits per heavy atom. The van der Waals surface area contributed by atoms with E-state index in [1.54, 1.807) is 11.2 Å². The van der Waals surface area contributed by atoms with Crippen LogP contribution in [0.15, 0.2) is 24.5 Å². The largest absolute Gasteiger partial charge is 0.416 e. The topological polar surface area (TPSA) is 113 Å². The Morgan fingerprint density at radius 2 is 1.94 bits per heavy atom. The molecule has 4 rings (SSSR count). The highest BCUT2D eigenvalue weighted by Crippen LogP contribution is 2.36. The summed E-state index contributed by atoms with van der Waals surface area (Å²) in [6.07, 6.45) is 1.34. The zero-order valence-electron chi connectivity index (χ0n) is 19.4. The van der Waals surface area contributed by atoms with Crippen LogP contribution in [0.2, 0.25) is 0 Å². The number of rotatable bonds is 8. The van der Waals surface area contributed by atoms with Gasteiger partial charge >= 0.3 is 6.18 Å². The van der Waals surface area contributed by atoms with Crippen LogP contribution in [0, 0.1) is 5.92 Å². The van der Waals surface area contributed by atoms with Gasteiger partial charge in [0.2, 0.25) is 5.91 Å². The maximum absolute atomic E-state index is 13.3. The van der Waals surface area contributed by atoms with Gasteiger partial charge in [0.05, 0.1) is 29.8 Å². The third-order valence-electron chi connectivity index (χ3n) is 7.08. The Morgan fingerprint density at radius 1 is 1.26 bits per heavy atom.